The van der Waals surface area contributed by atoms with Gasteiger partial charge in [-0.15, -0.1) is 0 Å². The van der Waals surface area contributed by atoms with Crippen LogP contribution in [0.2, 0.25) is 10.0 Å². The first kappa shape index (κ1) is 32.1. The number of hydrogen-bond donors (Lipinski definition) is 2. The van der Waals surface area contributed by atoms with Crippen LogP contribution < -0.4 is 15.4 Å². The smallest absolute Gasteiger partial charge is 0.225 e. The molecule has 1 amide bonds. The van der Waals surface area contributed by atoms with E-state index >= 15 is 0 Å². The first-order valence-electron chi connectivity index (χ1n) is 12.5. The van der Waals surface area contributed by atoms with Crippen molar-refractivity contribution in [2.75, 3.05) is 66.3 Å². The summed E-state index contributed by atoms with van der Waals surface area (Å²) in [6.07, 6.45) is 3.46. The highest BCUT2D eigenvalue weighted by Gasteiger charge is 2.05. The second kappa shape index (κ2) is 18.4. The van der Waals surface area contributed by atoms with E-state index in [-0.39, 0.29) is 5.91 Å². The second-order valence-corrected chi connectivity index (χ2v) is 9.99. The Morgan fingerprint density at radius 2 is 1.61 bits per heavy atom. The highest BCUT2D eigenvalue weighted by molar-refractivity contribution is 6.35. The molecular formula is C27H43Cl2N5O2. The van der Waals surface area contributed by atoms with Crippen molar-refractivity contribution in [3.05, 3.63) is 51.8 Å². The molecule has 0 bridgehead atoms. The van der Waals surface area contributed by atoms with Gasteiger partial charge in [0.15, 0.2) is 0 Å². The molecule has 2 N–H and O–H groups in total. The summed E-state index contributed by atoms with van der Waals surface area (Å²) < 4.78 is 5.74. The molecule has 202 valence electrons. The lowest BCUT2D eigenvalue weighted by Gasteiger charge is -2.12. The standard InChI is InChI=1S/C14H21Cl2N3O.C13H22N2O/c1-19(2)7-3-5-17-6-4-14(20)18-13-9-11(15)8-12(16)10-13;1-5-12-13(8-7-11(2)14-12)16-10-6-9-15(3)4/h8-10,17H,3-7H2,1-2H3,(H,18,20);7-8H,5-6,9-10H2,1-4H3. The van der Waals surface area contributed by atoms with Gasteiger partial charge in [0.05, 0.1) is 12.3 Å². The van der Waals surface area contributed by atoms with Gasteiger partial charge in [-0.2, -0.15) is 0 Å². The van der Waals surface area contributed by atoms with Gasteiger partial charge in [0, 0.05) is 40.9 Å². The number of rotatable bonds is 14. The zero-order valence-corrected chi connectivity index (χ0v) is 24.2. The number of carbonyl (C=O) groups is 1. The molecule has 0 atom stereocenters. The third-order valence-corrected chi connectivity index (χ3v) is 5.48. The highest BCUT2D eigenvalue weighted by Crippen LogP contribution is 2.22. The van der Waals surface area contributed by atoms with Crippen molar-refractivity contribution in [2.24, 2.45) is 0 Å². The van der Waals surface area contributed by atoms with Gasteiger partial charge in [-0.3, -0.25) is 9.78 Å². The Balaban J connectivity index is 0.000000369. The van der Waals surface area contributed by atoms with Gasteiger partial charge in [-0.1, -0.05) is 30.1 Å². The molecule has 0 unspecified atom stereocenters. The Morgan fingerprint density at radius 1 is 0.972 bits per heavy atom. The number of ether oxygens (including phenoxy) is 1. The first-order chi connectivity index (χ1) is 17.1. The third-order valence-electron chi connectivity index (χ3n) is 5.05. The van der Waals surface area contributed by atoms with Crippen LogP contribution in [-0.2, 0) is 11.2 Å². The maximum Gasteiger partial charge on any atom is 0.225 e. The molecule has 1 aromatic heterocycles. The minimum Gasteiger partial charge on any atom is -0.492 e. The lowest BCUT2D eigenvalue weighted by atomic mass is 10.2. The van der Waals surface area contributed by atoms with Crippen molar-refractivity contribution in [3.63, 3.8) is 0 Å². The van der Waals surface area contributed by atoms with E-state index < -0.39 is 0 Å². The molecule has 2 aromatic rings. The maximum absolute atomic E-state index is 11.7. The van der Waals surface area contributed by atoms with Crippen LogP contribution in [0.3, 0.4) is 0 Å². The summed E-state index contributed by atoms with van der Waals surface area (Å²) in [5.74, 6) is 0.885. The SMILES string of the molecule is CCc1nc(C)ccc1OCCCN(C)C.CN(C)CCCNCCC(=O)Nc1cc(Cl)cc(Cl)c1. The van der Waals surface area contributed by atoms with Gasteiger partial charge >= 0.3 is 0 Å². The molecule has 0 fully saturated rings. The fourth-order valence-corrected chi connectivity index (χ4v) is 3.77. The summed E-state index contributed by atoms with van der Waals surface area (Å²) >= 11 is 11.7. The van der Waals surface area contributed by atoms with Gasteiger partial charge in [-0.25, -0.2) is 0 Å². The number of aryl methyl sites for hydroxylation is 2. The zero-order chi connectivity index (χ0) is 26.9. The number of pyridine rings is 1. The van der Waals surface area contributed by atoms with Crippen molar-refractivity contribution in [3.8, 4) is 5.75 Å². The minimum atomic E-state index is -0.0524. The first-order valence-corrected chi connectivity index (χ1v) is 13.2. The van der Waals surface area contributed by atoms with E-state index in [1.807, 2.05) is 33.2 Å². The molecule has 0 aliphatic rings. The average molecular weight is 541 g/mol. The van der Waals surface area contributed by atoms with E-state index in [0.29, 0.717) is 28.7 Å². The Kier molecular flexibility index (Phi) is 16.4. The predicted octanol–water partition coefficient (Wildman–Crippen LogP) is 5.15. The molecule has 0 saturated heterocycles. The monoisotopic (exact) mass is 539 g/mol. The van der Waals surface area contributed by atoms with Gasteiger partial charge < -0.3 is 25.2 Å². The Bertz CT molecular complexity index is 889. The molecule has 1 aromatic carbocycles. The summed E-state index contributed by atoms with van der Waals surface area (Å²) in [7, 11) is 8.24. The molecular weight excluding hydrogens is 497 g/mol. The van der Waals surface area contributed by atoms with Gasteiger partial charge in [-0.05, 0) is 97.8 Å². The van der Waals surface area contributed by atoms with E-state index in [2.05, 4.69) is 46.4 Å². The number of benzene rings is 1. The number of aromatic nitrogens is 1. The van der Waals surface area contributed by atoms with Crippen LogP contribution in [-0.4, -0.2) is 81.7 Å². The molecule has 9 heteroatoms. The van der Waals surface area contributed by atoms with Crippen molar-refractivity contribution >= 4 is 34.8 Å². The summed E-state index contributed by atoms with van der Waals surface area (Å²) in [5, 5.41) is 7.04. The molecule has 2 rings (SSSR count). The zero-order valence-electron chi connectivity index (χ0n) is 22.7. The van der Waals surface area contributed by atoms with Crippen LogP contribution in [0.4, 0.5) is 5.69 Å². The van der Waals surface area contributed by atoms with Gasteiger partial charge in [0.1, 0.15) is 5.75 Å². The molecule has 0 saturated carbocycles. The summed E-state index contributed by atoms with van der Waals surface area (Å²) in [4.78, 5) is 20.5. The number of carbonyl (C=O) groups excluding carboxylic acids is 1. The van der Waals surface area contributed by atoms with Crippen molar-refractivity contribution in [1.29, 1.82) is 0 Å². The van der Waals surface area contributed by atoms with Crippen LogP contribution in [0.5, 0.6) is 5.75 Å². The Labute approximate surface area is 227 Å². The number of amides is 1. The molecule has 0 spiro atoms. The lowest BCUT2D eigenvalue weighted by Crippen LogP contribution is -2.25. The van der Waals surface area contributed by atoms with Crippen LogP contribution in [0, 0.1) is 6.92 Å². The topological polar surface area (TPSA) is 69.7 Å². The average Bonchev–Trinajstić information content (AvgIpc) is 2.79. The van der Waals surface area contributed by atoms with Crippen LogP contribution in [0.15, 0.2) is 30.3 Å². The lowest BCUT2D eigenvalue weighted by molar-refractivity contribution is -0.116. The Morgan fingerprint density at radius 3 is 2.22 bits per heavy atom. The van der Waals surface area contributed by atoms with Crippen LogP contribution in [0.1, 0.15) is 37.6 Å². The van der Waals surface area contributed by atoms with Crippen LogP contribution in [0.25, 0.3) is 0 Å². The number of halogens is 2. The highest BCUT2D eigenvalue weighted by atomic mass is 35.5. The largest absolute Gasteiger partial charge is 0.492 e. The van der Waals surface area contributed by atoms with E-state index in [9.17, 15) is 4.79 Å². The van der Waals surface area contributed by atoms with Gasteiger partial charge in [0.2, 0.25) is 5.91 Å². The number of nitrogens with one attached hydrogen (secondary N) is 2. The molecule has 7 nitrogen and oxygen atoms in total. The Hall–Kier alpha value is -1.90. The number of hydrogen-bond acceptors (Lipinski definition) is 6. The predicted molar refractivity (Wildman–Crippen MR) is 153 cm³/mol. The molecule has 36 heavy (non-hydrogen) atoms. The second-order valence-electron chi connectivity index (χ2n) is 9.12. The van der Waals surface area contributed by atoms with Crippen molar-refractivity contribution < 1.29 is 9.53 Å². The molecule has 0 aliphatic carbocycles. The van der Waals surface area contributed by atoms with E-state index in [1.165, 1.54) is 0 Å². The normalized spacial score (nSPS) is 10.8. The fraction of sp³-hybridized carbons (Fsp3) is 0.556. The molecule has 0 radical (unpaired) electrons. The summed E-state index contributed by atoms with van der Waals surface area (Å²) in [6.45, 7) is 8.54. The minimum absolute atomic E-state index is 0.0524. The maximum atomic E-state index is 11.7. The van der Waals surface area contributed by atoms with E-state index in [4.69, 9.17) is 27.9 Å². The molecule has 1 heterocycles. The fourth-order valence-electron chi connectivity index (χ4n) is 3.24. The van der Waals surface area contributed by atoms with Crippen LogP contribution >= 0.6 is 23.2 Å². The quantitative estimate of drug-likeness (QED) is 0.323. The van der Waals surface area contributed by atoms with Crippen molar-refractivity contribution in [2.45, 2.75) is 39.5 Å². The van der Waals surface area contributed by atoms with E-state index in [0.717, 1.165) is 62.6 Å². The van der Waals surface area contributed by atoms with Crippen molar-refractivity contribution in [1.82, 2.24) is 20.1 Å². The number of nitrogens with zero attached hydrogens (tertiary/aromatic N) is 3. The number of anilines is 1. The van der Waals surface area contributed by atoms with E-state index in [1.54, 1.807) is 18.2 Å². The van der Waals surface area contributed by atoms with Gasteiger partial charge in [0.25, 0.3) is 0 Å². The summed E-state index contributed by atoms with van der Waals surface area (Å²) in [5.41, 5.74) is 2.74. The molecule has 0 aliphatic heterocycles. The summed E-state index contributed by atoms with van der Waals surface area (Å²) in [6, 6.07) is 9.01. The third kappa shape index (κ3) is 15.3.